The minimum atomic E-state index is -0.476. The molecule has 0 saturated carbocycles. The SMILES string of the molecule is C=C/C=C(\C=C)Sc1cc(C(N)=O)ccc1Cl. The molecule has 2 N–H and O–H groups in total. The lowest BCUT2D eigenvalue weighted by molar-refractivity contribution is 0.1000. The van der Waals surface area contributed by atoms with Crippen LogP contribution in [0.1, 0.15) is 10.4 Å². The Morgan fingerprint density at radius 2 is 2.12 bits per heavy atom. The molecule has 0 fully saturated rings. The first kappa shape index (κ1) is 13.6. The molecule has 1 aromatic carbocycles. The van der Waals surface area contributed by atoms with Gasteiger partial charge in [-0.25, -0.2) is 0 Å². The molecule has 0 aliphatic carbocycles. The second kappa shape index (κ2) is 6.33. The van der Waals surface area contributed by atoms with Gasteiger partial charge in [0, 0.05) is 15.4 Å². The highest BCUT2D eigenvalue weighted by Gasteiger charge is 2.07. The molecule has 0 unspecified atom stereocenters. The van der Waals surface area contributed by atoms with Crippen molar-refractivity contribution in [3.05, 3.63) is 65.1 Å². The van der Waals surface area contributed by atoms with Gasteiger partial charge >= 0.3 is 0 Å². The lowest BCUT2D eigenvalue weighted by Gasteiger charge is -2.06. The number of primary amides is 1. The van der Waals surface area contributed by atoms with Gasteiger partial charge in [-0.05, 0) is 24.3 Å². The van der Waals surface area contributed by atoms with E-state index in [1.807, 2.05) is 6.08 Å². The van der Waals surface area contributed by atoms with E-state index in [9.17, 15) is 4.79 Å². The first-order chi connectivity index (χ1) is 8.08. The summed E-state index contributed by atoms with van der Waals surface area (Å²) in [5.41, 5.74) is 5.64. The first-order valence-corrected chi connectivity index (χ1v) is 6.00. The van der Waals surface area contributed by atoms with Crippen molar-refractivity contribution in [2.45, 2.75) is 4.90 Å². The largest absolute Gasteiger partial charge is 0.366 e. The number of hydrogen-bond donors (Lipinski definition) is 1. The molecular formula is C13H12ClNOS. The van der Waals surface area contributed by atoms with Crippen molar-refractivity contribution in [1.29, 1.82) is 0 Å². The number of benzene rings is 1. The zero-order valence-corrected chi connectivity index (χ0v) is 10.7. The van der Waals surface area contributed by atoms with E-state index in [0.717, 1.165) is 9.80 Å². The number of rotatable bonds is 5. The van der Waals surface area contributed by atoms with Gasteiger partial charge in [0.25, 0.3) is 0 Å². The summed E-state index contributed by atoms with van der Waals surface area (Å²) in [7, 11) is 0. The molecule has 0 aliphatic heterocycles. The Morgan fingerprint density at radius 1 is 1.41 bits per heavy atom. The van der Waals surface area contributed by atoms with Crippen LogP contribution in [-0.2, 0) is 0 Å². The van der Waals surface area contributed by atoms with Crippen molar-refractivity contribution in [3.63, 3.8) is 0 Å². The van der Waals surface area contributed by atoms with E-state index in [-0.39, 0.29) is 0 Å². The van der Waals surface area contributed by atoms with E-state index >= 15 is 0 Å². The van der Waals surface area contributed by atoms with Crippen LogP contribution in [0.5, 0.6) is 0 Å². The van der Waals surface area contributed by atoms with Crippen LogP contribution in [0.2, 0.25) is 5.02 Å². The van der Waals surface area contributed by atoms with Crippen molar-refractivity contribution in [2.24, 2.45) is 5.73 Å². The zero-order chi connectivity index (χ0) is 12.8. The highest BCUT2D eigenvalue weighted by Crippen LogP contribution is 2.33. The zero-order valence-electron chi connectivity index (χ0n) is 9.15. The molecule has 0 radical (unpaired) electrons. The van der Waals surface area contributed by atoms with Crippen LogP contribution in [-0.4, -0.2) is 5.91 Å². The van der Waals surface area contributed by atoms with Crippen LogP contribution in [0.3, 0.4) is 0 Å². The molecule has 1 rings (SSSR count). The van der Waals surface area contributed by atoms with Gasteiger partial charge in [-0.2, -0.15) is 0 Å². The number of thioether (sulfide) groups is 1. The van der Waals surface area contributed by atoms with Crippen molar-refractivity contribution >= 4 is 29.3 Å². The Bertz CT molecular complexity index is 494. The fourth-order valence-corrected chi connectivity index (χ4v) is 2.21. The van der Waals surface area contributed by atoms with Gasteiger partial charge in [0.05, 0.1) is 5.02 Å². The maximum Gasteiger partial charge on any atom is 0.248 e. The van der Waals surface area contributed by atoms with Crippen LogP contribution in [0.25, 0.3) is 0 Å². The van der Waals surface area contributed by atoms with Gasteiger partial charge in [0.15, 0.2) is 0 Å². The molecule has 1 aromatic rings. The summed E-state index contributed by atoms with van der Waals surface area (Å²) >= 11 is 7.45. The minimum Gasteiger partial charge on any atom is -0.366 e. The fourth-order valence-electron chi connectivity index (χ4n) is 1.12. The predicted octanol–water partition coefficient (Wildman–Crippen LogP) is 3.79. The van der Waals surface area contributed by atoms with Crippen molar-refractivity contribution in [3.8, 4) is 0 Å². The average molecular weight is 266 g/mol. The smallest absolute Gasteiger partial charge is 0.248 e. The third-order valence-corrected chi connectivity index (χ3v) is 3.46. The maximum absolute atomic E-state index is 11.1. The molecule has 4 heteroatoms. The Balaban J connectivity index is 3.08. The number of carbonyl (C=O) groups is 1. The van der Waals surface area contributed by atoms with E-state index in [1.165, 1.54) is 11.8 Å². The third kappa shape index (κ3) is 3.80. The van der Waals surface area contributed by atoms with E-state index in [2.05, 4.69) is 13.2 Å². The monoisotopic (exact) mass is 265 g/mol. The van der Waals surface area contributed by atoms with Gasteiger partial charge in [-0.1, -0.05) is 48.7 Å². The molecule has 2 nitrogen and oxygen atoms in total. The third-order valence-electron chi connectivity index (χ3n) is 1.93. The molecular weight excluding hydrogens is 254 g/mol. The van der Waals surface area contributed by atoms with Gasteiger partial charge in [-0.3, -0.25) is 4.79 Å². The summed E-state index contributed by atoms with van der Waals surface area (Å²) in [6.45, 7) is 7.31. The normalized spacial score (nSPS) is 11.0. The maximum atomic E-state index is 11.1. The summed E-state index contributed by atoms with van der Waals surface area (Å²) in [5.74, 6) is -0.476. The molecule has 0 heterocycles. The number of amides is 1. The molecule has 0 aromatic heterocycles. The minimum absolute atomic E-state index is 0.430. The van der Waals surface area contributed by atoms with Gasteiger partial charge in [-0.15, -0.1) is 0 Å². The summed E-state index contributed by atoms with van der Waals surface area (Å²) < 4.78 is 0. The molecule has 1 amide bonds. The molecule has 88 valence electrons. The predicted molar refractivity (Wildman–Crippen MR) is 74.3 cm³/mol. The lowest BCUT2D eigenvalue weighted by Crippen LogP contribution is -2.10. The summed E-state index contributed by atoms with van der Waals surface area (Å²) in [6.07, 6.45) is 5.17. The molecule has 17 heavy (non-hydrogen) atoms. The van der Waals surface area contributed by atoms with Crippen molar-refractivity contribution in [1.82, 2.24) is 0 Å². The van der Waals surface area contributed by atoms with E-state index in [1.54, 1.807) is 30.4 Å². The van der Waals surface area contributed by atoms with E-state index < -0.39 is 5.91 Å². The summed E-state index contributed by atoms with van der Waals surface area (Å²) in [6, 6.07) is 4.91. The number of nitrogens with two attached hydrogens (primary N) is 1. The van der Waals surface area contributed by atoms with Crippen LogP contribution >= 0.6 is 23.4 Å². The highest BCUT2D eigenvalue weighted by molar-refractivity contribution is 8.03. The molecule has 0 atom stereocenters. The van der Waals surface area contributed by atoms with Crippen LogP contribution in [0, 0.1) is 0 Å². The molecule has 0 aliphatic rings. The Hall–Kier alpha value is -1.45. The van der Waals surface area contributed by atoms with Crippen LogP contribution < -0.4 is 5.73 Å². The number of hydrogen-bond acceptors (Lipinski definition) is 2. The molecule has 0 bridgehead atoms. The Kier molecular flexibility index (Phi) is 5.07. The van der Waals surface area contributed by atoms with Crippen molar-refractivity contribution < 1.29 is 4.79 Å². The van der Waals surface area contributed by atoms with Crippen LogP contribution in [0.4, 0.5) is 0 Å². The Morgan fingerprint density at radius 3 is 2.65 bits per heavy atom. The quantitative estimate of drug-likeness (QED) is 0.650. The summed E-state index contributed by atoms with van der Waals surface area (Å²) in [4.78, 5) is 12.7. The molecule has 0 spiro atoms. The standard InChI is InChI=1S/C13H12ClNOS/c1-3-5-10(4-2)17-12-8-9(13(15)16)6-7-11(12)14/h3-8H,1-2H2,(H2,15,16)/b10-5+. The topological polar surface area (TPSA) is 43.1 Å². The number of allylic oxidation sites excluding steroid dienone is 3. The number of halogens is 1. The second-order valence-corrected chi connectivity index (χ2v) is 4.64. The van der Waals surface area contributed by atoms with E-state index in [0.29, 0.717) is 10.6 Å². The van der Waals surface area contributed by atoms with E-state index in [4.69, 9.17) is 17.3 Å². The molecule has 0 saturated heterocycles. The van der Waals surface area contributed by atoms with Gasteiger partial charge < -0.3 is 5.73 Å². The average Bonchev–Trinajstić information content (AvgIpc) is 2.30. The first-order valence-electron chi connectivity index (χ1n) is 4.81. The lowest BCUT2D eigenvalue weighted by atomic mass is 10.2. The summed E-state index contributed by atoms with van der Waals surface area (Å²) in [5, 5.41) is 0.566. The van der Waals surface area contributed by atoms with Gasteiger partial charge in [0.2, 0.25) is 5.91 Å². The highest BCUT2D eigenvalue weighted by atomic mass is 35.5. The number of carbonyl (C=O) groups excluding carboxylic acids is 1. The second-order valence-electron chi connectivity index (χ2n) is 3.12. The Labute approximate surface area is 110 Å². The van der Waals surface area contributed by atoms with Gasteiger partial charge in [0.1, 0.15) is 0 Å². The fraction of sp³-hybridized carbons (Fsp3) is 0. The van der Waals surface area contributed by atoms with Crippen LogP contribution in [0.15, 0.2) is 59.4 Å². The van der Waals surface area contributed by atoms with Crippen molar-refractivity contribution in [2.75, 3.05) is 0 Å².